The van der Waals surface area contributed by atoms with E-state index < -0.39 is 9.84 Å². The SMILES string of the molecule is CCCCCCCCC(CCCCCC)CS(=O)(=O)c1cc2cscc2s1. The van der Waals surface area contributed by atoms with Gasteiger partial charge in [-0.05, 0) is 30.2 Å². The van der Waals surface area contributed by atoms with Gasteiger partial charge in [0.25, 0.3) is 0 Å². The molecule has 0 aliphatic rings. The summed E-state index contributed by atoms with van der Waals surface area (Å²) in [6, 6.07) is 1.88. The zero-order chi connectivity index (χ0) is 19.5. The molecule has 1 atom stereocenters. The van der Waals surface area contributed by atoms with Gasteiger partial charge in [0.1, 0.15) is 4.21 Å². The maximum Gasteiger partial charge on any atom is 0.188 e. The van der Waals surface area contributed by atoms with Crippen LogP contribution in [0, 0.1) is 5.92 Å². The molecule has 2 aromatic rings. The Morgan fingerprint density at radius 3 is 2.07 bits per heavy atom. The summed E-state index contributed by atoms with van der Waals surface area (Å²) in [6.07, 6.45) is 14.7. The highest BCUT2D eigenvalue weighted by Gasteiger charge is 2.23. The third-order valence-corrected chi connectivity index (χ3v) is 9.79. The lowest BCUT2D eigenvalue weighted by atomic mass is 9.96. The highest BCUT2D eigenvalue weighted by Crippen LogP contribution is 2.33. The molecule has 0 fully saturated rings. The molecule has 0 saturated carbocycles. The molecule has 0 spiro atoms. The molecule has 154 valence electrons. The van der Waals surface area contributed by atoms with Crippen molar-refractivity contribution in [1.82, 2.24) is 0 Å². The summed E-state index contributed by atoms with van der Waals surface area (Å²) in [5.41, 5.74) is 0. The molecule has 0 radical (unpaired) electrons. The maximum atomic E-state index is 13.0. The highest BCUT2D eigenvalue weighted by atomic mass is 32.2. The number of hydrogen-bond acceptors (Lipinski definition) is 4. The van der Waals surface area contributed by atoms with Crippen LogP contribution in [0.4, 0.5) is 0 Å². The second-order valence-electron chi connectivity index (χ2n) is 7.81. The maximum absolute atomic E-state index is 13.0. The van der Waals surface area contributed by atoms with E-state index in [9.17, 15) is 8.42 Å². The third kappa shape index (κ3) is 7.86. The standard InChI is InChI=1S/C22H36O2S3/c1-3-5-7-9-10-12-14-19(13-11-8-6-4-2)18-27(23,24)22-15-20-16-25-17-21(20)26-22/h15-17,19H,3-14,18H2,1-2H3. The van der Waals surface area contributed by atoms with Gasteiger partial charge in [-0.15, -0.1) is 11.3 Å². The molecule has 0 saturated heterocycles. The highest BCUT2D eigenvalue weighted by molar-refractivity contribution is 7.93. The largest absolute Gasteiger partial charge is 0.223 e. The summed E-state index contributed by atoms with van der Waals surface area (Å²) in [7, 11) is -3.16. The lowest BCUT2D eigenvalue weighted by Crippen LogP contribution is -2.16. The Labute approximate surface area is 174 Å². The molecule has 0 bridgehead atoms. The molecular weight excluding hydrogens is 392 g/mol. The van der Waals surface area contributed by atoms with E-state index in [0.29, 0.717) is 15.9 Å². The van der Waals surface area contributed by atoms with Crippen molar-refractivity contribution in [2.24, 2.45) is 5.92 Å². The van der Waals surface area contributed by atoms with Gasteiger partial charge in [0.2, 0.25) is 0 Å². The topological polar surface area (TPSA) is 34.1 Å². The van der Waals surface area contributed by atoms with Crippen LogP contribution >= 0.6 is 22.7 Å². The van der Waals surface area contributed by atoms with E-state index >= 15 is 0 Å². The number of sulfone groups is 1. The molecule has 0 amide bonds. The predicted molar refractivity (Wildman–Crippen MR) is 122 cm³/mol. The van der Waals surface area contributed by atoms with E-state index in [1.165, 1.54) is 75.5 Å². The second-order valence-corrected chi connectivity index (χ2v) is 11.9. The zero-order valence-corrected chi connectivity index (χ0v) is 19.5. The van der Waals surface area contributed by atoms with E-state index in [4.69, 9.17) is 0 Å². The molecule has 2 aromatic heterocycles. The van der Waals surface area contributed by atoms with Crippen molar-refractivity contribution in [1.29, 1.82) is 0 Å². The van der Waals surface area contributed by atoms with E-state index in [-0.39, 0.29) is 0 Å². The second kappa shape index (κ2) is 12.2. The fourth-order valence-corrected chi connectivity index (χ4v) is 7.83. The van der Waals surface area contributed by atoms with Gasteiger partial charge in [0.15, 0.2) is 9.84 Å². The minimum absolute atomic E-state index is 0.317. The summed E-state index contributed by atoms with van der Waals surface area (Å²) < 4.78 is 27.7. The molecule has 27 heavy (non-hydrogen) atoms. The van der Waals surface area contributed by atoms with Gasteiger partial charge in [-0.3, -0.25) is 0 Å². The van der Waals surface area contributed by atoms with Crippen LogP contribution in [-0.4, -0.2) is 14.2 Å². The van der Waals surface area contributed by atoms with Crippen molar-refractivity contribution in [2.75, 3.05) is 5.75 Å². The minimum Gasteiger partial charge on any atom is -0.223 e. The average Bonchev–Trinajstić information content (AvgIpc) is 3.23. The Balaban J connectivity index is 1.90. The van der Waals surface area contributed by atoms with Crippen LogP contribution in [0.25, 0.3) is 10.1 Å². The van der Waals surface area contributed by atoms with Crippen molar-refractivity contribution in [2.45, 2.75) is 95.1 Å². The fourth-order valence-electron chi connectivity index (χ4n) is 3.68. The van der Waals surface area contributed by atoms with Crippen molar-refractivity contribution in [3.63, 3.8) is 0 Å². The van der Waals surface area contributed by atoms with Gasteiger partial charge < -0.3 is 0 Å². The Morgan fingerprint density at radius 2 is 1.44 bits per heavy atom. The summed E-state index contributed by atoms with van der Waals surface area (Å²) >= 11 is 3.09. The number of hydrogen-bond donors (Lipinski definition) is 0. The van der Waals surface area contributed by atoms with Crippen molar-refractivity contribution in [3.05, 3.63) is 16.8 Å². The van der Waals surface area contributed by atoms with Gasteiger partial charge in [-0.2, -0.15) is 11.3 Å². The van der Waals surface area contributed by atoms with Crippen molar-refractivity contribution in [3.8, 4) is 0 Å². The van der Waals surface area contributed by atoms with Crippen LogP contribution in [0.2, 0.25) is 0 Å². The third-order valence-electron chi connectivity index (χ3n) is 5.33. The van der Waals surface area contributed by atoms with Crippen LogP contribution in [0.5, 0.6) is 0 Å². The molecule has 0 N–H and O–H groups in total. The molecular formula is C22H36O2S3. The molecule has 0 aliphatic heterocycles. The molecule has 2 rings (SSSR count). The molecule has 5 heteroatoms. The number of fused-ring (bicyclic) bond motifs is 1. The summed E-state index contributed by atoms with van der Waals surface area (Å²) in [6.45, 7) is 4.46. The number of unbranched alkanes of at least 4 members (excludes halogenated alkanes) is 8. The van der Waals surface area contributed by atoms with Crippen molar-refractivity contribution < 1.29 is 8.42 Å². The van der Waals surface area contributed by atoms with Crippen LogP contribution in [0.3, 0.4) is 0 Å². The monoisotopic (exact) mass is 428 g/mol. The first-order valence-electron chi connectivity index (χ1n) is 10.7. The Hall–Kier alpha value is -0.390. The number of rotatable bonds is 15. The molecule has 2 nitrogen and oxygen atoms in total. The Kier molecular flexibility index (Phi) is 10.4. The summed E-state index contributed by atoms with van der Waals surface area (Å²) in [4.78, 5) is 0. The van der Waals surface area contributed by atoms with Crippen LogP contribution in [0.15, 0.2) is 21.0 Å². The van der Waals surface area contributed by atoms with Gasteiger partial charge in [0, 0.05) is 15.5 Å². The quantitative estimate of drug-likeness (QED) is 0.269. The van der Waals surface area contributed by atoms with Gasteiger partial charge in [0.05, 0.1) is 5.75 Å². The zero-order valence-electron chi connectivity index (χ0n) is 17.0. The lowest BCUT2D eigenvalue weighted by molar-refractivity contribution is 0.432. The minimum atomic E-state index is -3.16. The lowest BCUT2D eigenvalue weighted by Gasteiger charge is -2.16. The van der Waals surface area contributed by atoms with E-state index in [0.717, 1.165) is 22.9 Å². The van der Waals surface area contributed by atoms with Crippen LogP contribution < -0.4 is 0 Å². The Morgan fingerprint density at radius 1 is 0.852 bits per heavy atom. The fraction of sp³-hybridized carbons (Fsp3) is 0.727. The number of thiophene rings is 2. The smallest absolute Gasteiger partial charge is 0.188 e. The van der Waals surface area contributed by atoms with Crippen molar-refractivity contribution >= 4 is 42.6 Å². The Bertz CT molecular complexity index is 714. The van der Waals surface area contributed by atoms with E-state index in [2.05, 4.69) is 19.2 Å². The average molecular weight is 429 g/mol. The van der Waals surface area contributed by atoms with E-state index in [1.807, 2.05) is 11.4 Å². The molecule has 1 unspecified atom stereocenters. The van der Waals surface area contributed by atoms with E-state index in [1.54, 1.807) is 11.3 Å². The normalized spacial score (nSPS) is 13.4. The molecule has 0 aromatic carbocycles. The summed E-state index contributed by atoms with van der Waals surface area (Å²) in [5.74, 6) is 0.651. The predicted octanol–water partition coefficient (Wildman–Crippen LogP) is 8.07. The molecule has 0 aliphatic carbocycles. The van der Waals surface area contributed by atoms with Crippen LogP contribution in [0.1, 0.15) is 90.9 Å². The van der Waals surface area contributed by atoms with Gasteiger partial charge in [-0.1, -0.05) is 78.1 Å². The van der Waals surface area contributed by atoms with Gasteiger partial charge in [-0.25, -0.2) is 8.42 Å². The van der Waals surface area contributed by atoms with Crippen LogP contribution in [-0.2, 0) is 9.84 Å². The first kappa shape index (κ1) is 22.9. The first-order valence-corrected chi connectivity index (χ1v) is 14.2. The van der Waals surface area contributed by atoms with Gasteiger partial charge >= 0.3 is 0 Å². The summed E-state index contributed by atoms with van der Waals surface area (Å²) in [5, 5.41) is 5.18. The first-order chi connectivity index (χ1) is 13.1. The molecule has 2 heterocycles.